The van der Waals surface area contributed by atoms with E-state index in [4.69, 9.17) is 19.2 Å². The number of hydrogen-bond donors (Lipinski definition) is 3. The van der Waals surface area contributed by atoms with Crippen LogP contribution in [-0.4, -0.2) is 84.2 Å². The van der Waals surface area contributed by atoms with Gasteiger partial charge in [0.25, 0.3) is 5.91 Å². The molecule has 5 atom stereocenters. The molecule has 69 heavy (non-hydrogen) atoms. The highest BCUT2D eigenvalue weighted by molar-refractivity contribution is 7.91. The average Bonchev–Trinajstić information content (AvgIpc) is 4.22. The fourth-order valence-electron chi connectivity index (χ4n) is 8.82. The zero-order valence-electron chi connectivity index (χ0n) is 38.3. The summed E-state index contributed by atoms with van der Waals surface area (Å²) in [5.74, 6) is -2.68. The number of ether oxygens (including phenoxy) is 3. The van der Waals surface area contributed by atoms with Crippen molar-refractivity contribution in [2.75, 3.05) is 13.7 Å². The predicted octanol–water partition coefficient (Wildman–Crippen LogP) is 7.76. The SMILES string of the molecule is C=C[C@@H]1C[C@]1(NC(=O)[C@@H]1C[C@@H](Oc2cc(-c3ccccc3)nc3cc(OC)ccc23)CN1C(=O)[C@@H](NC(=O)Oc1cccc(C(F)(F)F)c1)C(C)(C)C)C(=O)NS(=O)(=O)C1(Cc2ccccc2)CC1. The molecule has 0 spiro atoms. The first-order valence-electron chi connectivity index (χ1n) is 22.4. The number of alkyl halides is 3. The number of amides is 4. The van der Waals surface area contributed by atoms with Gasteiger partial charge in [-0.25, -0.2) is 18.2 Å². The van der Waals surface area contributed by atoms with Crippen molar-refractivity contribution in [3.05, 3.63) is 133 Å². The van der Waals surface area contributed by atoms with E-state index >= 15 is 0 Å². The minimum Gasteiger partial charge on any atom is -0.497 e. The van der Waals surface area contributed by atoms with Gasteiger partial charge in [-0.1, -0.05) is 93.6 Å². The summed E-state index contributed by atoms with van der Waals surface area (Å²) in [7, 11) is -2.72. The fourth-order valence-corrected chi connectivity index (χ4v) is 10.5. The lowest BCUT2D eigenvalue weighted by molar-refractivity contribution is -0.142. The van der Waals surface area contributed by atoms with E-state index in [9.17, 15) is 40.8 Å². The monoisotopic (exact) mass is 967 g/mol. The third-order valence-corrected chi connectivity index (χ3v) is 15.1. The van der Waals surface area contributed by atoms with Crippen LogP contribution in [-0.2, 0) is 37.0 Å². The molecule has 4 aromatic carbocycles. The summed E-state index contributed by atoms with van der Waals surface area (Å²) in [6, 6.07) is 26.3. The second-order valence-electron chi connectivity index (χ2n) is 18.9. The highest BCUT2D eigenvalue weighted by atomic mass is 32.2. The van der Waals surface area contributed by atoms with Crippen LogP contribution in [0.15, 0.2) is 122 Å². The standard InChI is InChI=1S/C51H52F3N5O9S/c1-6-33-29-50(33,46(62)58-69(64,65)49(22-23-49)28-31-14-9-7-10-15-31)57-44(60)41-26-37(67-42-27-39(32-16-11-8-12-17-32)55-40-25-35(66-5)20-21-38(40)42)30-59(41)45(61)43(48(2,3)4)56-47(63)68-36-19-13-18-34(24-36)51(52,53)54/h6-21,24-25,27,33,37,41,43H,1,22-23,26,28-30H2,2-5H3,(H,56,63)(H,57,60)(H,58,62)/t33-,37-,41+,43-,50-/m1/s1. The van der Waals surface area contributed by atoms with Crippen LogP contribution in [0.1, 0.15) is 57.6 Å². The fraction of sp³-hybridized carbons (Fsp3) is 0.353. The molecule has 1 aliphatic heterocycles. The van der Waals surface area contributed by atoms with E-state index < -0.39 is 91.1 Å². The number of benzene rings is 4. The number of rotatable bonds is 15. The van der Waals surface area contributed by atoms with Gasteiger partial charge < -0.3 is 29.7 Å². The van der Waals surface area contributed by atoms with Crippen LogP contribution in [0.25, 0.3) is 22.2 Å². The lowest BCUT2D eigenvalue weighted by atomic mass is 9.85. The third kappa shape index (κ3) is 10.3. The number of carbonyl (C=O) groups is 4. The Morgan fingerprint density at radius 3 is 2.23 bits per heavy atom. The molecule has 8 rings (SSSR count). The molecule has 0 unspecified atom stereocenters. The minimum atomic E-state index is -4.72. The molecule has 2 saturated carbocycles. The van der Waals surface area contributed by atoms with Crippen LogP contribution in [0, 0.1) is 11.3 Å². The van der Waals surface area contributed by atoms with E-state index in [1.54, 1.807) is 57.2 Å². The zero-order valence-corrected chi connectivity index (χ0v) is 39.2. The Bertz CT molecular complexity index is 2910. The molecule has 5 aromatic rings. The maximum Gasteiger partial charge on any atom is 0.416 e. The molecule has 3 aliphatic rings. The number of nitrogens with zero attached hydrogens (tertiary/aromatic N) is 2. The summed E-state index contributed by atoms with van der Waals surface area (Å²) in [6.45, 7) is 8.54. The van der Waals surface area contributed by atoms with Gasteiger partial charge in [0, 0.05) is 35.4 Å². The molecule has 3 N–H and O–H groups in total. The number of nitrogens with one attached hydrogen (secondary N) is 3. The van der Waals surface area contributed by atoms with Gasteiger partial charge in [-0.15, -0.1) is 6.58 Å². The van der Waals surface area contributed by atoms with Crippen molar-refractivity contribution in [1.29, 1.82) is 0 Å². The molecule has 1 aromatic heterocycles. The van der Waals surface area contributed by atoms with Gasteiger partial charge in [0.05, 0.1) is 35.2 Å². The summed E-state index contributed by atoms with van der Waals surface area (Å²) in [6.07, 6.45) is -4.63. The zero-order chi connectivity index (χ0) is 49.5. The lowest BCUT2D eigenvalue weighted by Gasteiger charge is -2.35. The minimum absolute atomic E-state index is 0.0259. The smallest absolute Gasteiger partial charge is 0.416 e. The van der Waals surface area contributed by atoms with Crippen LogP contribution in [0.4, 0.5) is 18.0 Å². The average molecular weight is 968 g/mol. The van der Waals surface area contributed by atoms with Crippen molar-refractivity contribution in [3.8, 4) is 28.5 Å². The first-order chi connectivity index (χ1) is 32.6. The maximum absolute atomic E-state index is 15.0. The molecule has 1 saturated heterocycles. The summed E-state index contributed by atoms with van der Waals surface area (Å²) in [4.78, 5) is 63.5. The van der Waals surface area contributed by atoms with Gasteiger partial charge in [0.1, 0.15) is 41.0 Å². The Morgan fingerprint density at radius 2 is 1.61 bits per heavy atom. The molecule has 3 fully saturated rings. The Morgan fingerprint density at radius 1 is 0.913 bits per heavy atom. The molecule has 14 nitrogen and oxygen atoms in total. The van der Waals surface area contributed by atoms with Crippen LogP contribution >= 0.6 is 0 Å². The van der Waals surface area contributed by atoms with Crippen molar-refractivity contribution < 1.29 is 55.0 Å². The number of fused-ring (bicyclic) bond motifs is 1. The normalized spacial score (nSPS) is 21.1. The molecule has 362 valence electrons. The molecule has 0 bridgehead atoms. The second-order valence-corrected chi connectivity index (χ2v) is 21.0. The van der Waals surface area contributed by atoms with E-state index in [0.717, 1.165) is 29.3 Å². The van der Waals surface area contributed by atoms with E-state index in [1.165, 1.54) is 18.1 Å². The number of aromatic nitrogens is 1. The largest absolute Gasteiger partial charge is 0.497 e. The first kappa shape index (κ1) is 48.5. The van der Waals surface area contributed by atoms with Gasteiger partial charge in [-0.2, -0.15) is 13.2 Å². The van der Waals surface area contributed by atoms with E-state index in [2.05, 4.69) is 21.9 Å². The molecule has 2 aliphatic carbocycles. The van der Waals surface area contributed by atoms with Gasteiger partial charge in [-0.3, -0.25) is 19.1 Å². The topological polar surface area (TPSA) is 182 Å². The summed E-state index contributed by atoms with van der Waals surface area (Å²) in [5, 5.41) is 5.91. The Balaban J connectivity index is 1.10. The van der Waals surface area contributed by atoms with E-state index in [-0.39, 0.29) is 25.8 Å². The number of carbonyl (C=O) groups excluding carboxylic acids is 4. The number of hydrogen-bond acceptors (Lipinski definition) is 10. The third-order valence-electron chi connectivity index (χ3n) is 13.0. The second kappa shape index (κ2) is 18.5. The number of methoxy groups -OCH3 is 1. The van der Waals surface area contributed by atoms with Gasteiger partial charge in [-0.05, 0) is 67.0 Å². The van der Waals surface area contributed by atoms with Crippen LogP contribution in [0.5, 0.6) is 17.2 Å². The molecule has 2 heterocycles. The van der Waals surface area contributed by atoms with Crippen LogP contribution in [0.3, 0.4) is 0 Å². The molecule has 0 radical (unpaired) electrons. The quantitative estimate of drug-likeness (QED) is 0.0878. The van der Waals surface area contributed by atoms with Crippen molar-refractivity contribution in [1.82, 2.24) is 25.2 Å². The summed E-state index contributed by atoms with van der Waals surface area (Å²) < 4.78 is 86.9. The summed E-state index contributed by atoms with van der Waals surface area (Å²) in [5.41, 5.74) is -1.20. The highest BCUT2D eigenvalue weighted by Gasteiger charge is 2.64. The first-order valence-corrected chi connectivity index (χ1v) is 23.9. The Kier molecular flexibility index (Phi) is 13.0. The van der Waals surface area contributed by atoms with E-state index in [0.29, 0.717) is 47.0 Å². The van der Waals surface area contributed by atoms with Gasteiger partial charge in [0.15, 0.2) is 0 Å². The number of likely N-dealkylation sites (tertiary alicyclic amines) is 1. The van der Waals surface area contributed by atoms with Crippen molar-refractivity contribution in [3.63, 3.8) is 0 Å². The molecule has 18 heteroatoms. The molecular weight excluding hydrogens is 916 g/mol. The van der Waals surface area contributed by atoms with Crippen molar-refractivity contribution in [2.45, 2.75) is 87.5 Å². The maximum atomic E-state index is 15.0. The predicted molar refractivity (Wildman–Crippen MR) is 250 cm³/mol. The molecule has 4 amide bonds. The Hall–Kier alpha value is -6.95. The Labute approximate surface area is 397 Å². The molecular formula is C51H52F3N5O9S. The number of pyridine rings is 1. The highest BCUT2D eigenvalue weighted by Crippen LogP contribution is 2.49. The van der Waals surface area contributed by atoms with Crippen molar-refractivity contribution in [2.24, 2.45) is 11.3 Å². The number of halogens is 3. The van der Waals surface area contributed by atoms with E-state index in [1.807, 2.05) is 48.5 Å². The van der Waals surface area contributed by atoms with Gasteiger partial charge in [0.2, 0.25) is 21.8 Å². The lowest BCUT2D eigenvalue weighted by Crippen LogP contribution is -2.60. The van der Waals surface area contributed by atoms with Crippen molar-refractivity contribution >= 4 is 44.7 Å². The van der Waals surface area contributed by atoms with Crippen LogP contribution in [0.2, 0.25) is 0 Å². The number of sulfonamides is 1. The van der Waals surface area contributed by atoms with Gasteiger partial charge >= 0.3 is 12.3 Å². The summed E-state index contributed by atoms with van der Waals surface area (Å²) >= 11 is 0. The van der Waals surface area contributed by atoms with Crippen LogP contribution < -0.4 is 29.6 Å².